The molecule has 0 aliphatic rings. The largest absolute Gasteiger partial charge is 0.445 e. The molecule has 4 heteroatoms. The molecule has 0 aliphatic heterocycles. The van der Waals surface area contributed by atoms with Gasteiger partial charge in [-0.25, -0.2) is 4.79 Å². The van der Waals surface area contributed by atoms with Gasteiger partial charge in [0, 0.05) is 12.1 Å². The van der Waals surface area contributed by atoms with Gasteiger partial charge in [0.05, 0.1) is 0 Å². The van der Waals surface area contributed by atoms with Crippen LogP contribution in [0.15, 0.2) is 54.6 Å². The Morgan fingerprint density at radius 1 is 1.00 bits per heavy atom. The quantitative estimate of drug-likeness (QED) is 0.832. The van der Waals surface area contributed by atoms with Gasteiger partial charge < -0.3 is 10.1 Å². The molecule has 2 aromatic carbocycles. The van der Waals surface area contributed by atoms with Crippen molar-refractivity contribution in [2.45, 2.75) is 20.0 Å². The molecule has 0 aromatic heterocycles. The Kier molecular flexibility index (Phi) is 5.72. The highest BCUT2D eigenvalue weighted by Crippen LogP contribution is 2.06. The van der Waals surface area contributed by atoms with Gasteiger partial charge in [0.2, 0.25) is 0 Å². The Morgan fingerprint density at radius 3 is 2.45 bits per heavy atom. The molecule has 0 radical (unpaired) electrons. The first-order valence-electron chi connectivity index (χ1n) is 7.19. The summed E-state index contributed by atoms with van der Waals surface area (Å²) in [7, 11) is 0. The van der Waals surface area contributed by atoms with E-state index in [1.165, 1.54) is 6.92 Å². The van der Waals surface area contributed by atoms with Crippen LogP contribution in [0.1, 0.15) is 28.4 Å². The maximum absolute atomic E-state index is 11.6. The van der Waals surface area contributed by atoms with E-state index < -0.39 is 6.09 Å². The van der Waals surface area contributed by atoms with Crippen LogP contribution in [-0.2, 0) is 17.8 Å². The first kappa shape index (κ1) is 15.8. The predicted octanol–water partition coefficient (Wildman–Crippen LogP) is 3.36. The number of carbonyl (C=O) groups excluding carboxylic acids is 2. The summed E-state index contributed by atoms with van der Waals surface area (Å²) in [5.74, 6) is 0.0390. The molecule has 2 aromatic rings. The third kappa shape index (κ3) is 5.05. The van der Waals surface area contributed by atoms with Crippen molar-refractivity contribution in [3.05, 3.63) is 71.3 Å². The number of rotatable bonds is 6. The van der Waals surface area contributed by atoms with Crippen LogP contribution >= 0.6 is 0 Å². The van der Waals surface area contributed by atoms with Crippen molar-refractivity contribution in [2.24, 2.45) is 0 Å². The van der Waals surface area contributed by atoms with E-state index in [9.17, 15) is 9.59 Å². The van der Waals surface area contributed by atoms with E-state index >= 15 is 0 Å². The van der Waals surface area contributed by atoms with Crippen molar-refractivity contribution >= 4 is 11.9 Å². The lowest BCUT2D eigenvalue weighted by Gasteiger charge is -2.07. The Balaban J connectivity index is 1.73. The molecule has 4 nitrogen and oxygen atoms in total. The highest BCUT2D eigenvalue weighted by Gasteiger charge is 2.04. The fourth-order valence-electron chi connectivity index (χ4n) is 2.03. The summed E-state index contributed by atoms with van der Waals surface area (Å²) in [6, 6.07) is 16.9. The Morgan fingerprint density at radius 2 is 1.73 bits per heavy atom. The van der Waals surface area contributed by atoms with Gasteiger partial charge in [0.1, 0.15) is 6.61 Å². The van der Waals surface area contributed by atoms with E-state index in [1.54, 1.807) is 6.07 Å². The summed E-state index contributed by atoms with van der Waals surface area (Å²) >= 11 is 0. The van der Waals surface area contributed by atoms with Gasteiger partial charge in [-0.15, -0.1) is 0 Å². The van der Waals surface area contributed by atoms with Crippen LogP contribution in [0.4, 0.5) is 4.79 Å². The van der Waals surface area contributed by atoms with Crippen molar-refractivity contribution in [1.29, 1.82) is 0 Å². The van der Waals surface area contributed by atoms with Gasteiger partial charge in [-0.2, -0.15) is 0 Å². The molecule has 0 spiro atoms. The second-order valence-electron chi connectivity index (χ2n) is 5.00. The molecule has 0 fully saturated rings. The molecular formula is C18H19NO3. The van der Waals surface area contributed by atoms with Crippen LogP contribution in [0, 0.1) is 0 Å². The van der Waals surface area contributed by atoms with Crippen LogP contribution in [-0.4, -0.2) is 18.4 Å². The SMILES string of the molecule is CC(=O)c1cccc(CCNC(=O)OCc2ccccc2)c1. The summed E-state index contributed by atoms with van der Waals surface area (Å²) in [5.41, 5.74) is 2.65. The van der Waals surface area contributed by atoms with E-state index in [2.05, 4.69) is 5.32 Å². The molecule has 0 saturated carbocycles. The van der Waals surface area contributed by atoms with E-state index in [4.69, 9.17) is 4.74 Å². The summed E-state index contributed by atoms with van der Waals surface area (Å²) < 4.78 is 5.12. The first-order valence-corrected chi connectivity index (χ1v) is 7.19. The van der Waals surface area contributed by atoms with Gasteiger partial charge in [-0.3, -0.25) is 4.79 Å². The normalized spacial score (nSPS) is 10.0. The van der Waals surface area contributed by atoms with Crippen molar-refractivity contribution in [3.8, 4) is 0 Å². The highest BCUT2D eigenvalue weighted by molar-refractivity contribution is 5.94. The minimum atomic E-state index is -0.438. The molecular weight excluding hydrogens is 278 g/mol. The molecule has 0 atom stereocenters. The van der Waals surface area contributed by atoms with Crippen LogP contribution in [0.2, 0.25) is 0 Å². The molecule has 0 bridgehead atoms. The van der Waals surface area contributed by atoms with Gasteiger partial charge in [-0.1, -0.05) is 48.5 Å². The van der Waals surface area contributed by atoms with E-state index in [1.807, 2.05) is 48.5 Å². The van der Waals surface area contributed by atoms with Crippen molar-refractivity contribution in [1.82, 2.24) is 5.32 Å². The number of nitrogens with one attached hydrogen (secondary N) is 1. The minimum Gasteiger partial charge on any atom is -0.445 e. The lowest BCUT2D eigenvalue weighted by Crippen LogP contribution is -2.26. The Hall–Kier alpha value is -2.62. The van der Waals surface area contributed by atoms with Crippen LogP contribution in [0.25, 0.3) is 0 Å². The van der Waals surface area contributed by atoms with Gasteiger partial charge in [-0.05, 0) is 30.5 Å². The maximum atomic E-state index is 11.6. The summed E-state index contributed by atoms with van der Waals surface area (Å²) in [5, 5.41) is 2.70. The third-order valence-electron chi connectivity index (χ3n) is 3.23. The number of Topliss-reactive ketones (excluding diaryl/α,β-unsaturated/α-hetero) is 1. The molecule has 0 unspecified atom stereocenters. The number of hydrogen-bond donors (Lipinski definition) is 1. The summed E-state index contributed by atoms with van der Waals surface area (Å²) in [4.78, 5) is 22.9. The lowest BCUT2D eigenvalue weighted by molar-refractivity contribution is 0.101. The number of ketones is 1. The van der Waals surface area contributed by atoms with E-state index in [0.717, 1.165) is 11.1 Å². The second kappa shape index (κ2) is 7.98. The number of alkyl carbamates (subject to hydrolysis) is 1. The summed E-state index contributed by atoms with van der Waals surface area (Å²) in [6.45, 7) is 2.26. The van der Waals surface area contributed by atoms with Crippen molar-refractivity contribution < 1.29 is 14.3 Å². The zero-order chi connectivity index (χ0) is 15.8. The molecule has 0 heterocycles. The average Bonchev–Trinajstić information content (AvgIpc) is 2.54. The molecule has 1 amide bonds. The number of benzene rings is 2. The maximum Gasteiger partial charge on any atom is 0.407 e. The number of carbonyl (C=O) groups is 2. The Labute approximate surface area is 130 Å². The first-order chi connectivity index (χ1) is 10.6. The second-order valence-corrected chi connectivity index (χ2v) is 5.00. The highest BCUT2D eigenvalue weighted by atomic mass is 16.5. The third-order valence-corrected chi connectivity index (χ3v) is 3.23. The van der Waals surface area contributed by atoms with Gasteiger partial charge >= 0.3 is 6.09 Å². The molecule has 22 heavy (non-hydrogen) atoms. The molecule has 2 rings (SSSR count). The molecule has 114 valence electrons. The fourth-order valence-corrected chi connectivity index (χ4v) is 2.03. The number of amides is 1. The monoisotopic (exact) mass is 297 g/mol. The molecule has 0 aliphatic carbocycles. The fraction of sp³-hybridized carbons (Fsp3) is 0.222. The lowest BCUT2D eigenvalue weighted by atomic mass is 10.1. The van der Waals surface area contributed by atoms with Gasteiger partial charge in [0.15, 0.2) is 5.78 Å². The Bertz CT molecular complexity index is 638. The zero-order valence-electron chi connectivity index (χ0n) is 12.5. The summed E-state index contributed by atoms with van der Waals surface area (Å²) in [6.07, 6.45) is 0.216. The van der Waals surface area contributed by atoms with E-state index in [-0.39, 0.29) is 12.4 Å². The number of ether oxygens (including phenoxy) is 1. The number of hydrogen-bond acceptors (Lipinski definition) is 3. The predicted molar refractivity (Wildman–Crippen MR) is 84.8 cm³/mol. The van der Waals surface area contributed by atoms with Crippen molar-refractivity contribution in [3.63, 3.8) is 0 Å². The molecule has 0 saturated heterocycles. The van der Waals surface area contributed by atoms with E-state index in [0.29, 0.717) is 18.5 Å². The topological polar surface area (TPSA) is 55.4 Å². The molecule has 1 N–H and O–H groups in total. The van der Waals surface area contributed by atoms with Crippen molar-refractivity contribution in [2.75, 3.05) is 6.54 Å². The van der Waals surface area contributed by atoms with Crippen LogP contribution in [0.3, 0.4) is 0 Å². The zero-order valence-corrected chi connectivity index (χ0v) is 12.5. The minimum absolute atomic E-state index is 0.0390. The van der Waals surface area contributed by atoms with Gasteiger partial charge in [0.25, 0.3) is 0 Å². The standard InChI is InChI=1S/C18H19NO3/c1-14(20)17-9-5-8-15(12-17)10-11-19-18(21)22-13-16-6-3-2-4-7-16/h2-9,12H,10-11,13H2,1H3,(H,19,21). The average molecular weight is 297 g/mol. The van der Waals surface area contributed by atoms with Crippen LogP contribution < -0.4 is 5.32 Å². The smallest absolute Gasteiger partial charge is 0.407 e. The van der Waals surface area contributed by atoms with Crippen LogP contribution in [0.5, 0.6) is 0 Å².